The van der Waals surface area contributed by atoms with Gasteiger partial charge in [0.1, 0.15) is 0 Å². The fourth-order valence-electron chi connectivity index (χ4n) is 4.45. The minimum atomic E-state index is -4.71. The first-order chi connectivity index (χ1) is 21.7. The number of aryl methyl sites for hydroxylation is 1. The van der Waals surface area contributed by atoms with Crippen LogP contribution in [0.5, 0.6) is 0 Å². The first-order valence-electron chi connectivity index (χ1n) is 14.0. The van der Waals surface area contributed by atoms with Gasteiger partial charge in [-0.2, -0.15) is 18.3 Å². The van der Waals surface area contributed by atoms with Crippen molar-refractivity contribution in [1.82, 2.24) is 19.5 Å². The second-order valence-corrected chi connectivity index (χ2v) is 11.9. The molecule has 3 aromatic rings. The van der Waals surface area contributed by atoms with Crippen molar-refractivity contribution in [3.05, 3.63) is 71.1 Å². The molecule has 18 heteroatoms. The number of carbonyl (C=O) groups excluding carboxylic acids is 2. The number of hydrogen-bond acceptors (Lipinski definition) is 10. The third-order valence-corrected chi connectivity index (χ3v) is 8.21. The summed E-state index contributed by atoms with van der Waals surface area (Å²) in [5.41, 5.74) is 0.592. The molecule has 1 saturated heterocycles. The Labute approximate surface area is 261 Å². The van der Waals surface area contributed by atoms with Crippen molar-refractivity contribution in [1.29, 1.82) is 0 Å². The number of alkyl halides is 3. The Balaban J connectivity index is 1.39. The number of nitrogens with zero attached hydrogens (tertiary/aromatic N) is 5. The maximum atomic E-state index is 13.5. The highest BCUT2D eigenvalue weighted by molar-refractivity contribution is 7.90. The van der Waals surface area contributed by atoms with Gasteiger partial charge >= 0.3 is 12.3 Å². The van der Waals surface area contributed by atoms with Gasteiger partial charge in [0.2, 0.25) is 11.2 Å². The number of piperidine rings is 1. The summed E-state index contributed by atoms with van der Waals surface area (Å²) in [5, 5.41) is 20.5. The second-order valence-electron chi connectivity index (χ2n) is 10.2. The van der Waals surface area contributed by atoms with Gasteiger partial charge in [0.05, 0.1) is 40.9 Å². The lowest BCUT2D eigenvalue weighted by atomic mass is 9.97. The highest BCUT2D eigenvalue weighted by Gasteiger charge is 2.36. The summed E-state index contributed by atoms with van der Waals surface area (Å²) in [5.74, 6) is -1.53. The van der Waals surface area contributed by atoms with Crippen molar-refractivity contribution in [2.45, 2.75) is 51.0 Å². The molecule has 0 aliphatic carbocycles. The van der Waals surface area contributed by atoms with Gasteiger partial charge < -0.3 is 14.7 Å². The number of hydrogen-bond donors (Lipinski definition) is 1. The fraction of sp³-hybridized carbons (Fsp3) is 0.393. The van der Waals surface area contributed by atoms with Gasteiger partial charge in [0, 0.05) is 18.4 Å². The quantitative estimate of drug-likeness (QED) is 0.105. The van der Waals surface area contributed by atoms with Crippen molar-refractivity contribution in [3.63, 3.8) is 0 Å². The third kappa shape index (κ3) is 8.43. The predicted octanol–water partition coefficient (Wildman–Crippen LogP) is 4.71. The van der Waals surface area contributed by atoms with Crippen molar-refractivity contribution < 1.29 is 50.5 Å². The second kappa shape index (κ2) is 14.1. The van der Waals surface area contributed by atoms with E-state index in [2.05, 4.69) is 15.1 Å². The zero-order valence-electron chi connectivity index (χ0n) is 24.9. The summed E-state index contributed by atoms with van der Waals surface area (Å²) < 4.78 is 78.9. The summed E-state index contributed by atoms with van der Waals surface area (Å²) >= 11 is 0. The molecule has 1 aromatic heterocycles. The van der Waals surface area contributed by atoms with Crippen LogP contribution in [0.25, 0.3) is 16.9 Å². The van der Waals surface area contributed by atoms with E-state index in [4.69, 9.17) is 9.57 Å². The Hall–Kier alpha value is -4.87. The number of benzene rings is 2. The number of aromatic nitrogens is 2. The maximum absolute atomic E-state index is 13.5. The minimum Gasteiger partial charge on any atom is -0.569 e. The van der Waals surface area contributed by atoms with Crippen LogP contribution in [-0.2, 0) is 35.3 Å². The fourth-order valence-corrected chi connectivity index (χ4v) is 5.50. The molecule has 1 aliphatic heterocycles. The molecule has 1 atom stereocenters. The molecule has 248 valence electrons. The molecule has 14 nitrogen and oxygen atoms in total. The predicted molar refractivity (Wildman–Crippen MR) is 153 cm³/mol. The molecule has 1 amide bonds. The van der Waals surface area contributed by atoms with Crippen molar-refractivity contribution in [2.75, 3.05) is 19.7 Å². The Morgan fingerprint density at radius 1 is 1.13 bits per heavy atom. The first-order valence-corrected chi connectivity index (χ1v) is 15.5. The van der Waals surface area contributed by atoms with E-state index in [9.17, 15) is 36.4 Å². The van der Waals surface area contributed by atoms with Gasteiger partial charge in [-0.25, -0.2) is 22.6 Å². The van der Waals surface area contributed by atoms with Gasteiger partial charge in [-0.3, -0.25) is 9.63 Å². The normalized spacial score (nSPS) is 15.3. The number of sulfonamides is 1. The smallest absolute Gasteiger partial charge is 0.511 e. The summed E-state index contributed by atoms with van der Waals surface area (Å²) in [6, 6.07) is 12.6. The van der Waals surface area contributed by atoms with Gasteiger partial charge in [-0.1, -0.05) is 29.8 Å². The molecular weight excluding hydrogens is 637 g/mol. The van der Waals surface area contributed by atoms with Crippen LogP contribution in [-0.4, -0.2) is 66.2 Å². The van der Waals surface area contributed by atoms with E-state index in [0.717, 1.165) is 28.4 Å². The number of ether oxygens (including phenoxy) is 2. The van der Waals surface area contributed by atoms with Crippen LogP contribution in [0.4, 0.5) is 18.0 Å². The molecule has 2 aromatic carbocycles. The summed E-state index contributed by atoms with van der Waals surface area (Å²) in [6.45, 7) is 4.92. The highest BCUT2D eigenvalue weighted by Crippen LogP contribution is 2.33. The standard InChI is InChI=1S/C28H31F3N6O8S/c1-4-43-27(39)44-19(3)45-34-37(40)35-15-13-21(14-16-35)26(38)33-46(41,42)23-11-9-22(10-12-23)36-24(17-25(32-36)28(29,30)31)20-7-5-18(2)6-8-20/h5-12,17,19,21H,4,13-16H2,1-3H3,(H,33,38). The zero-order valence-corrected chi connectivity index (χ0v) is 25.7. The van der Waals surface area contributed by atoms with Crippen molar-refractivity contribution >= 4 is 22.1 Å². The average Bonchev–Trinajstić information content (AvgIpc) is 3.47. The maximum Gasteiger partial charge on any atom is 0.511 e. The van der Waals surface area contributed by atoms with E-state index in [1.165, 1.54) is 24.1 Å². The molecular formula is C28H31F3N6O8S. The Kier molecular flexibility index (Phi) is 10.4. The van der Waals surface area contributed by atoms with Gasteiger partial charge in [-0.05, 0) is 57.0 Å². The van der Waals surface area contributed by atoms with Crippen LogP contribution in [0.3, 0.4) is 0 Å². The molecule has 0 saturated carbocycles. The monoisotopic (exact) mass is 668 g/mol. The Morgan fingerprint density at radius 2 is 1.76 bits per heavy atom. The number of rotatable bonds is 10. The van der Waals surface area contributed by atoms with Crippen LogP contribution in [0, 0.1) is 18.0 Å². The van der Waals surface area contributed by atoms with E-state index in [0.29, 0.717) is 5.56 Å². The van der Waals surface area contributed by atoms with Gasteiger partial charge in [-0.15, -0.1) is 5.01 Å². The van der Waals surface area contributed by atoms with Crippen LogP contribution < -0.4 is 4.72 Å². The van der Waals surface area contributed by atoms with E-state index >= 15 is 0 Å². The van der Waals surface area contributed by atoms with Crippen LogP contribution in [0.1, 0.15) is 37.9 Å². The largest absolute Gasteiger partial charge is 0.569 e. The van der Waals surface area contributed by atoms with Crippen LogP contribution in [0.15, 0.2) is 64.8 Å². The molecule has 2 heterocycles. The van der Waals surface area contributed by atoms with Crippen molar-refractivity contribution in [3.8, 4) is 16.9 Å². The molecule has 1 fully saturated rings. The summed E-state index contributed by atoms with van der Waals surface area (Å²) in [4.78, 5) is 28.8. The summed E-state index contributed by atoms with van der Waals surface area (Å²) in [7, 11) is -4.34. The third-order valence-electron chi connectivity index (χ3n) is 6.85. The topological polar surface area (TPSA) is 167 Å². The van der Waals surface area contributed by atoms with Gasteiger partial charge in [0.15, 0.2) is 5.69 Å². The number of hydrazine groups is 1. The Morgan fingerprint density at radius 3 is 2.35 bits per heavy atom. The number of halogens is 3. The van der Waals surface area contributed by atoms with Crippen molar-refractivity contribution in [2.24, 2.45) is 11.2 Å². The molecule has 46 heavy (non-hydrogen) atoms. The average molecular weight is 669 g/mol. The SMILES string of the molecule is CCOC(=O)OC(C)ON=[N+]([O-])N1CCC(C(=O)NS(=O)(=O)c2ccc(-n3nc(C(F)(F)F)cc3-c3ccc(C)cc3)cc2)CC1. The van der Waals surface area contributed by atoms with E-state index in [1.807, 2.05) is 11.6 Å². The number of carbonyl (C=O) groups is 2. The van der Waals surface area contributed by atoms with Crippen LogP contribution >= 0.6 is 0 Å². The zero-order chi connectivity index (χ0) is 33.6. The van der Waals surface area contributed by atoms with E-state index in [-0.39, 0.29) is 53.8 Å². The molecule has 0 bridgehead atoms. The molecule has 4 rings (SSSR count). The molecule has 1 N–H and O–H groups in total. The lowest BCUT2D eigenvalue weighted by molar-refractivity contribution is -0.715. The molecule has 0 radical (unpaired) electrons. The summed E-state index contributed by atoms with van der Waals surface area (Å²) in [6.07, 6.45) is -6.67. The van der Waals surface area contributed by atoms with Crippen LogP contribution in [0.2, 0.25) is 0 Å². The Bertz CT molecular complexity index is 1670. The highest BCUT2D eigenvalue weighted by atomic mass is 32.2. The minimum absolute atomic E-state index is 0.0450. The van der Waals surface area contributed by atoms with Gasteiger partial charge in [0.25, 0.3) is 16.3 Å². The number of amides is 1. The van der Waals surface area contributed by atoms with E-state index in [1.54, 1.807) is 31.2 Å². The molecule has 0 spiro atoms. The van der Waals surface area contributed by atoms with E-state index < -0.39 is 46.2 Å². The molecule has 1 aliphatic rings. The first kappa shape index (κ1) is 34.0. The lowest BCUT2D eigenvalue weighted by Crippen LogP contribution is -2.44. The molecule has 1 unspecified atom stereocenters. The lowest BCUT2D eigenvalue weighted by Gasteiger charge is -2.27. The number of nitrogens with one attached hydrogen (secondary N) is 1.